The van der Waals surface area contributed by atoms with Crippen LogP contribution in [0.15, 0.2) is 10.1 Å². The van der Waals surface area contributed by atoms with Crippen LogP contribution in [0.2, 0.25) is 0 Å². The van der Waals surface area contributed by atoms with E-state index in [2.05, 4.69) is 50.1 Å². The van der Waals surface area contributed by atoms with Crippen molar-refractivity contribution >= 4 is 32.7 Å². The van der Waals surface area contributed by atoms with Crippen LogP contribution in [0.25, 0.3) is 0 Å². The molecule has 1 fully saturated rings. The Hall–Kier alpha value is -0.950. The third-order valence-electron chi connectivity index (χ3n) is 2.45. The highest BCUT2D eigenvalue weighted by molar-refractivity contribution is 9.19. The van der Waals surface area contributed by atoms with E-state index in [0.29, 0.717) is 17.8 Å². The van der Waals surface area contributed by atoms with Gasteiger partial charge in [0.2, 0.25) is 5.91 Å². The lowest BCUT2D eigenvalue weighted by atomic mass is 9.84. The van der Waals surface area contributed by atoms with E-state index in [1.54, 1.807) is 0 Å². The lowest BCUT2D eigenvalue weighted by molar-refractivity contribution is -0.140. The van der Waals surface area contributed by atoms with Crippen LogP contribution in [-0.2, 0) is 9.63 Å². The molecule has 0 aromatic heterocycles. The molecule has 1 rings (SSSR count). The molecule has 1 saturated heterocycles. The van der Waals surface area contributed by atoms with Gasteiger partial charge in [-0.25, -0.2) is 0 Å². The molecule has 0 aromatic carbocycles. The van der Waals surface area contributed by atoms with Gasteiger partial charge in [0.1, 0.15) is 7.11 Å². The van der Waals surface area contributed by atoms with E-state index in [4.69, 9.17) is 0 Å². The average molecular weight is 319 g/mol. The fraction of sp³-hybridized carbons (Fsp3) is 0.727. The minimum atomic E-state index is 0.120. The molecule has 0 atom stereocenters. The van der Waals surface area contributed by atoms with Crippen LogP contribution < -0.4 is 5.32 Å². The third kappa shape index (κ3) is 5.14. The molecule has 0 saturated carbocycles. The lowest BCUT2D eigenvalue weighted by Crippen LogP contribution is -2.57. The molecule has 1 aliphatic heterocycles. The number of nitrogens with one attached hydrogen (secondary N) is 1. The number of nitrogens with zero attached hydrogens (tertiary/aromatic N) is 3. The monoisotopic (exact) mass is 318 g/mol. The summed E-state index contributed by atoms with van der Waals surface area (Å²) < 4.78 is 0.502. The normalized spacial score (nSPS) is 18.9. The number of likely N-dealkylation sites (tertiary alicyclic amines) is 1. The van der Waals surface area contributed by atoms with Crippen LogP contribution in [0, 0.1) is 5.41 Å². The number of carbonyl (C=O) groups excluding carboxylic acids is 1. The van der Waals surface area contributed by atoms with Gasteiger partial charge >= 0.3 is 0 Å². The van der Waals surface area contributed by atoms with Gasteiger partial charge in [-0.05, 0) is 21.3 Å². The quantitative estimate of drug-likeness (QED) is 0.448. The van der Waals surface area contributed by atoms with Crippen LogP contribution in [0.5, 0.6) is 0 Å². The molecule has 0 spiro atoms. The molecule has 1 heterocycles. The smallest absolute Gasteiger partial charge is 0.236 e. The van der Waals surface area contributed by atoms with Gasteiger partial charge < -0.3 is 9.74 Å². The van der Waals surface area contributed by atoms with Crippen LogP contribution in [-0.4, -0.2) is 55.1 Å². The van der Waals surface area contributed by atoms with Crippen molar-refractivity contribution in [1.29, 1.82) is 0 Å². The van der Waals surface area contributed by atoms with Crippen molar-refractivity contribution in [3.63, 3.8) is 0 Å². The molecule has 0 bridgehead atoms. The van der Waals surface area contributed by atoms with Crippen molar-refractivity contribution in [3.05, 3.63) is 0 Å². The number of carbonyl (C=O) groups is 1. The van der Waals surface area contributed by atoms with Crippen molar-refractivity contribution in [3.8, 4) is 0 Å². The maximum atomic E-state index is 11.7. The zero-order valence-corrected chi connectivity index (χ0v) is 12.5. The molecule has 1 amide bonds. The Morgan fingerprint density at radius 3 is 2.78 bits per heavy atom. The van der Waals surface area contributed by atoms with Gasteiger partial charge in [-0.15, -0.1) is 0 Å². The highest BCUT2D eigenvalue weighted by atomic mass is 79.9. The minimum Gasteiger partial charge on any atom is -0.398 e. The lowest BCUT2D eigenvalue weighted by Gasteiger charge is -2.45. The number of hydrogen-bond donors (Lipinski definition) is 1. The predicted octanol–water partition coefficient (Wildman–Crippen LogP) is 0.827. The Bertz CT molecular complexity index is 347. The maximum Gasteiger partial charge on any atom is 0.236 e. The van der Waals surface area contributed by atoms with Crippen molar-refractivity contribution in [2.75, 3.05) is 33.4 Å². The summed E-state index contributed by atoms with van der Waals surface area (Å²) in [6.45, 7) is 6.66. The number of halogens is 1. The zero-order chi connectivity index (χ0) is 13.6. The summed E-state index contributed by atoms with van der Waals surface area (Å²) in [7, 11) is 1.46. The second-order valence-corrected chi connectivity index (χ2v) is 5.72. The fourth-order valence-corrected chi connectivity index (χ4v) is 2.02. The second-order valence-electron chi connectivity index (χ2n) is 4.91. The summed E-state index contributed by atoms with van der Waals surface area (Å²) in [5.41, 5.74) is 0.273. The average Bonchev–Trinajstić information content (AvgIpc) is 2.25. The van der Waals surface area contributed by atoms with Crippen molar-refractivity contribution in [2.24, 2.45) is 15.6 Å². The SMILES string of the molecule is CON=C(Br)/C=N\CNCC(=O)N1CC(C)(C)C1. The predicted molar refractivity (Wildman–Crippen MR) is 75.1 cm³/mol. The number of amides is 1. The highest BCUT2D eigenvalue weighted by Gasteiger charge is 2.36. The van der Waals surface area contributed by atoms with Gasteiger partial charge in [-0.3, -0.25) is 15.1 Å². The number of aliphatic imine (C=N–C) groups is 1. The highest BCUT2D eigenvalue weighted by Crippen LogP contribution is 2.28. The van der Waals surface area contributed by atoms with E-state index < -0.39 is 0 Å². The van der Waals surface area contributed by atoms with Gasteiger partial charge in [-0.2, -0.15) is 0 Å². The molecule has 7 heteroatoms. The summed E-state index contributed by atoms with van der Waals surface area (Å²) >= 11 is 3.15. The molecular weight excluding hydrogens is 300 g/mol. The summed E-state index contributed by atoms with van der Waals surface area (Å²) in [6, 6.07) is 0. The van der Waals surface area contributed by atoms with Crippen molar-refractivity contribution < 1.29 is 9.63 Å². The first-order valence-electron chi connectivity index (χ1n) is 5.69. The first kappa shape index (κ1) is 15.1. The molecule has 6 nitrogen and oxygen atoms in total. The van der Waals surface area contributed by atoms with Crippen molar-refractivity contribution in [1.82, 2.24) is 10.2 Å². The Kier molecular flexibility index (Phi) is 5.74. The van der Waals surface area contributed by atoms with E-state index in [1.807, 2.05) is 4.90 Å². The zero-order valence-electron chi connectivity index (χ0n) is 10.9. The topological polar surface area (TPSA) is 66.3 Å². The van der Waals surface area contributed by atoms with E-state index in [-0.39, 0.29) is 11.3 Å². The summed E-state index contributed by atoms with van der Waals surface area (Å²) in [6.07, 6.45) is 1.52. The Morgan fingerprint density at radius 2 is 2.22 bits per heavy atom. The molecule has 18 heavy (non-hydrogen) atoms. The largest absolute Gasteiger partial charge is 0.398 e. The van der Waals surface area contributed by atoms with Crippen LogP contribution >= 0.6 is 15.9 Å². The number of hydrogen-bond acceptors (Lipinski definition) is 5. The van der Waals surface area contributed by atoms with Gasteiger partial charge in [0.15, 0.2) is 4.62 Å². The van der Waals surface area contributed by atoms with Gasteiger partial charge in [0.05, 0.1) is 19.4 Å². The molecule has 0 unspecified atom stereocenters. The molecule has 0 radical (unpaired) electrons. The standard InChI is InChI=1S/C11H19BrN4O2/c1-11(2)6-16(7-11)10(17)5-14-8-13-4-9(12)15-18-3/h4,14H,5-8H2,1-3H3/b13-4-,15-9?. The summed E-state index contributed by atoms with van der Waals surface area (Å²) in [4.78, 5) is 22.1. The van der Waals surface area contributed by atoms with E-state index in [0.717, 1.165) is 13.1 Å². The van der Waals surface area contributed by atoms with Crippen molar-refractivity contribution in [2.45, 2.75) is 13.8 Å². The molecular formula is C11H19BrN4O2. The molecule has 0 aliphatic carbocycles. The maximum absolute atomic E-state index is 11.7. The summed E-state index contributed by atoms with van der Waals surface area (Å²) in [5, 5.41) is 6.56. The second kappa shape index (κ2) is 6.84. The Balaban J connectivity index is 2.12. The Labute approximate surface area is 116 Å². The van der Waals surface area contributed by atoms with Crippen LogP contribution in [0.1, 0.15) is 13.8 Å². The van der Waals surface area contributed by atoms with Gasteiger partial charge in [0, 0.05) is 13.1 Å². The minimum absolute atomic E-state index is 0.120. The fourth-order valence-electron chi connectivity index (χ4n) is 1.73. The summed E-state index contributed by atoms with van der Waals surface area (Å²) in [5.74, 6) is 0.120. The molecule has 102 valence electrons. The Morgan fingerprint density at radius 1 is 1.56 bits per heavy atom. The van der Waals surface area contributed by atoms with E-state index in [9.17, 15) is 4.79 Å². The molecule has 0 aromatic rings. The first-order valence-corrected chi connectivity index (χ1v) is 6.49. The number of oxime groups is 1. The van der Waals surface area contributed by atoms with Crippen LogP contribution in [0.4, 0.5) is 0 Å². The van der Waals surface area contributed by atoms with Crippen LogP contribution in [0.3, 0.4) is 0 Å². The first-order chi connectivity index (χ1) is 8.44. The number of rotatable bonds is 6. The third-order valence-corrected chi connectivity index (χ3v) is 2.80. The van der Waals surface area contributed by atoms with Gasteiger partial charge in [-0.1, -0.05) is 19.0 Å². The van der Waals surface area contributed by atoms with E-state index in [1.165, 1.54) is 13.3 Å². The molecule has 1 aliphatic rings. The van der Waals surface area contributed by atoms with E-state index >= 15 is 0 Å². The molecule has 1 N–H and O–H groups in total. The van der Waals surface area contributed by atoms with Gasteiger partial charge in [0.25, 0.3) is 0 Å².